The molecule has 0 bridgehead atoms. The predicted octanol–water partition coefficient (Wildman–Crippen LogP) is 2.31. The Morgan fingerprint density at radius 1 is 1.50 bits per heavy atom. The molecule has 0 aliphatic heterocycles. The van der Waals surface area contributed by atoms with Crippen LogP contribution in [0.25, 0.3) is 10.4 Å². The molecule has 1 aromatic rings. The SMILES string of the molecule is CC(=O)Nc1ccc(C#CCN=[N+]=[N-])cc1. The summed E-state index contributed by atoms with van der Waals surface area (Å²) in [7, 11) is 0. The molecule has 0 aliphatic carbocycles. The summed E-state index contributed by atoms with van der Waals surface area (Å²) in [6.45, 7) is 1.61. The van der Waals surface area contributed by atoms with Crippen molar-refractivity contribution >= 4 is 11.6 Å². The van der Waals surface area contributed by atoms with Crippen LogP contribution in [0, 0.1) is 11.8 Å². The molecule has 1 amide bonds. The summed E-state index contributed by atoms with van der Waals surface area (Å²) in [6.07, 6.45) is 0. The summed E-state index contributed by atoms with van der Waals surface area (Å²) in [4.78, 5) is 13.3. The van der Waals surface area contributed by atoms with Crippen molar-refractivity contribution in [2.24, 2.45) is 5.11 Å². The van der Waals surface area contributed by atoms with Gasteiger partial charge >= 0.3 is 0 Å². The van der Waals surface area contributed by atoms with Gasteiger partial charge in [0.15, 0.2) is 0 Å². The fourth-order valence-corrected chi connectivity index (χ4v) is 1.05. The van der Waals surface area contributed by atoms with Gasteiger partial charge in [0.05, 0.1) is 6.54 Å². The van der Waals surface area contributed by atoms with Crippen LogP contribution in [0.2, 0.25) is 0 Å². The van der Waals surface area contributed by atoms with E-state index >= 15 is 0 Å². The van der Waals surface area contributed by atoms with Gasteiger partial charge in [0.2, 0.25) is 5.91 Å². The maximum absolute atomic E-state index is 10.8. The van der Waals surface area contributed by atoms with Gasteiger partial charge in [-0.25, -0.2) is 0 Å². The Morgan fingerprint density at radius 2 is 2.19 bits per heavy atom. The molecule has 0 unspecified atom stereocenters. The highest BCUT2D eigenvalue weighted by Gasteiger charge is 1.93. The summed E-state index contributed by atoms with van der Waals surface area (Å²) in [5.74, 6) is 5.43. The standard InChI is InChI=1S/C11H10N4O/c1-9(16)14-11-6-4-10(5-7-11)3-2-8-13-15-12/h4-7H,8H2,1H3,(H,14,16). The van der Waals surface area contributed by atoms with E-state index in [4.69, 9.17) is 5.53 Å². The second-order valence-corrected chi connectivity index (χ2v) is 2.95. The van der Waals surface area contributed by atoms with Crippen molar-refractivity contribution in [2.75, 3.05) is 11.9 Å². The Kier molecular flexibility index (Phi) is 4.45. The lowest BCUT2D eigenvalue weighted by molar-refractivity contribution is -0.114. The number of nitrogens with zero attached hydrogens (tertiary/aromatic N) is 3. The van der Waals surface area contributed by atoms with E-state index in [-0.39, 0.29) is 12.5 Å². The predicted molar refractivity (Wildman–Crippen MR) is 61.6 cm³/mol. The zero-order chi connectivity index (χ0) is 11.8. The van der Waals surface area contributed by atoms with Crippen LogP contribution in [-0.4, -0.2) is 12.5 Å². The Hall–Kier alpha value is -2.44. The van der Waals surface area contributed by atoms with Gasteiger partial charge in [-0.05, 0) is 29.8 Å². The lowest BCUT2D eigenvalue weighted by atomic mass is 10.2. The first-order valence-corrected chi connectivity index (χ1v) is 4.60. The van der Waals surface area contributed by atoms with Crippen molar-refractivity contribution in [3.8, 4) is 11.8 Å². The Morgan fingerprint density at radius 3 is 2.75 bits per heavy atom. The number of amides is 1. The molecule has 0 fully saturated rings. The largest absolute Gasteiger partial charge is 0.326 e. The van der Waals surface area contributed by atoms with Gasteiger partial charge in [-0.3, -0.25) is 4.79 Å². The fourth-order valence-electron chi connectivity index (χ4n) is 1.05. The van der Waals surface area contributed by atoms with Crippen molar-refractivity contribution in [1.29, 1.82) is 0 Å². The molecule has 0 heterocycles. The van der Waals surface area contributed by atoms with Crippen molar-refractivity contribution in [3.63, 3.8) is 0 Å². The van der Waals surface area contributed by atoms with Crippen LogP contribution in [0.15, 0.2) is 29.4 Å². The normalized spacial score (nSPS) is 8.31. The van der Waals surface area contributed by atoms with E-state index in [0.29, 0.717) is 0 Å². The van der Waals surface area contributed by atoms with Crippen LogP contribution in [-0.2, 0) is 4.79 Å². The van der Waals surface area contributed by atoms with Crippen LogP contribution in [0.3, 0.4) is 0 Å². The van der Waals surface area contributed by atoms with Crippen LogP contribution in [0.1, 0.15) is 12.5 Å². The number of carbonyl (C=O) groups excluding carboxylic acids is 1. The summed E-state index contributed by atoms with van der Waals surface area (Å²) < 4.78 is 0. The maximum atomic E-state index is 10.8. The van der Waals surface area contributed by atoms with E-state index in [9.17, 15) is 4.79 Å². The van der Waals surface area contributed by atoms with Gasteiger partial charge in [-0.1, -0.05) is 17.0 Å². The summed E-state index contributed by atoms with van der Waals surface area (Å²) in [5.41, 5.74) is 9.57. The van der Waals surface area contributed by atoms with Gasteiger partial charge in [-0.2, -0.15) is 0 Å². The zero-order valence-electron chi connectivity index (χ0n) is 8.77. The molecule has 0 saturated carbocycles. The van der Waals surface area contributed by atoms with Crippen LogP contribution in [0.5, 0.6) is 0 Å². The molecule has 0 atom stereocenters. The van der Waals surface area contributed by atoms with Crippen LogP contribution < -0.4 is 5.32 Å². The third-order valence-electron chi connectivity index (χ3n) is 1.65. The molecule has 5 nitrogen and oxygen atoms in total. The monoisotopic (exact) mass is 214 g/mol. The molecule has 1 aromatic carbocycles. The third-order valence-corrected chi connectivity index (χ3v) is 1.65. The van der Waals surface area contributed by atoms with E-state index in [1.54, 1.807) is 24.3 Å². The molecule has 0 aromatic heterocycles. The highest BCUT2D eigenvalue weighted by atomic mass is 16.1. The third kappa shape index (κ3) is 4.18. The highest BCUT2D eigenvalue weighted by Crippen LogP contribution is 2.08. The topological polar surface area (TPSA) is 77.9 Å². The quantitative estimate of drug-likeness (QED) is 0.348. The number of anilines is 1. The molecule has 5 heteroatoms. The number of rotatable bonds is 2. The molecule has 0 aliphatic rings. The number of azide groups is 1. The minimum Gasteiger partial charge on any atom is -0.326 e. The van der Waals surface area contributed by atoms with Crippen molar-refractivity contribution in [1.82, 2.24) is 0 Å². The number of benzene rings is 1. The molecule has 0 saturated heterocycles. The summed E-state index contributed by atoms with van der Waals surface area (Å²) >= 11 is 0. The Labute approximate surface area is 93.1 Å². The zero-order valence-corrected chi connectivity index (χ0v) is 8.77. The number of nitrogens with one attached hydrogen (secondary N) is 1. The van der Waals surface area contributed by atoms with Gasteiger partial charge in [-0.15, -0.1) is 0 Å². The van der Waals surface area contributed by atoms with E-state index in [1.165, 1.54) is 6.92 Å². The number of hydrogen-bond donors (Lipinski definition) is 1. The smallest absolute Gasteiger partial charge is 0.221 e. The average molecular weight is 214 g/mol. The van der Waals surface area contributed by atoms with Gasteiger partial charge in [0.1, 0.15) is 0 Å². The van der Waals surface area contributed by atoms with Crippen LogP contribution >= 0.6 is 0 Å². The van der Waals surface area contributed by atoms with Crippen molar-refractivity contribution < 1.29 is 4.79 Å². The fraction of sp³-hybridized carbons (Fsp3) is 0.182. The summed E-state index contributed by atoms with van der Waals surface area (Å²) in [5, 5.41) is 5.95. The highest BCUT2D eigenvalue weighted by molar-refractivity contribution is 5.88. The molecule has 0 spiro atoms. The second kappa shape index (κ2) is 6.12. The van der Waals surface area contributed by atoms with E-state index in [0.717, 1.165) is 11.3 Å². The van der Waals surface area contributed by atoms with Gasteiger partial charge in [0, 0.05) is 23.1 Å². The first-order chi connectivity index (χ1) is 7.72. The van der Waals surface area contributed by atoms with E-state index < -0.39 is 0 Å². The number of hydrogen-bond acceptors (Lipinski definition) is 2. The van der Waals surface area contributed by atoms with Crippen molar-refractivity contribution in [2.45, 2.75) is 6.92 Å². The first kappa shape index (κ1) is 11.6. The molecule has 0 radical (unpaired) electrons. The molecule has 1 rings (SSSR count). The summed E-state index contributed by atoms with van der Waals surface area (Å²) in [6, 6.07) is 7.10. The molecule has 80 valence electrons. The lowest BCUT2D eigenvalue weighted by Crippen LogP contribution is -2.05. The van der Waals surface area contributed by atoms with Gasteiger partial charge < -0.3 is 5.32 Å². The Balaban J connectivity index is 2.66. The molecular weight excluding hydrogens is 204 g/mol. The Bertz CT molecular complexity index is 475. The molecular formula is C11H10N4O. The second-order valence-electron chi connectivity index (χ2n) is 2.95. The lowest BCUT2D eigenvalue weighted by Gasteiger charge is -2.00. The maximum Gasteiger partial charge on any atom is 0.221 e. The minimum absolute atomic E-state index is 0.109. The number of carbonyl (C=O) groups is 1. The van der Waals surface area contributed by atoms with Gasteiger partial charge in [0.25, 0.3) is 0 Å². The first-order valence-electron chi connectivity index (χ1n) is 4.60. The van der Waals surface area contributed by atoms with E-state index in [2.05, 4.69) is 27.2 Å². The average Bonchev–Trinajstić information content (AvgIpc) is 2.26. The van der Waals surface area contributed by atoms with E-state index in [1.807, 2.05) is 0 Å². The minimum atomic E-state index is -0.109. The van der Waals surface area contributed by atoms with Crippen LogP contribution in [0.4, 0.5) is 5.69 Å². The van der Waals surface area contributed by atoms with Crippen molar-refractivity contribution in [3.05, 3.63) is 40.3 Å². The molecule has 1 N–H and O–H groups in total. The molecule has 16 heavy (non-hydrogen) atoms.